The summed E-state index contributed by atoms with van der Waals surface area (Å²) >= 11 is 5.77. The summed E-state index contributed by atoms with van der Waals surface area (Å²) in [6, 6.07) is 5.85. The van der Waals surface area contributed by atoms with Crippen LogP contribution in [0.1, 0.15) is 95.1 Å². The molecule has 0 N–H and O–H groups in total. The van der Waals surface area contributed by atoms with Crippen LogP contribution in [0.2, 0.25) is 0 Å². The molecule has 1 heterocycles. The third-order valence-electron chi connectivity index (χ3n) is 5.63. The van der Waals surface area contributed by atoms with Gasteiger partial charge in [-0.25, -0.2) is 0 Å². The van der Waals surface area contributed by atoms with E-state index >= 15 is 0 Å². The molecule has 0 aromatic heterocycles. The lowest BCUT2D eigenvalue weighted by atomic mass is 10.1. The lowest BCUT2D eigenvalue weighted by Crippen LogP contribution is -2.05. The van der Waals surface area contributed by atoms with E-state index in [0.29, 0.717) is 19.6 Å². The number of ether oxygens (including phenoxy) is 2. The van der Waals surface area contributed by atoms with Gasteiger partial charge in [-0.2, -0.15) is 0 Å². The zero-order valence-corrected chi connectivity index (χ0v) is 20.4. The van der Waals surface area contributed by atoms with E-state index in [1.165, 1.54) is 63.3 Å². The van der Waals surface area contributed by atoms with Gasteiger partial charge in [0, 0.05) is 23.1 Å². The Morgan fingerprint density at radius 2 is 1.72 bits per heavy atom. The Hall–Kier alpha value is -2.00. The Balaban J connectivity index is 1.52. The summed E-state index contributed by atoms with van der Waals surface area (Å²) in [5.74, 6) is 0.692. The van der Waals surface area contributed by atoms with Gasteiger partial charge in [-0.1, -0.05) is 87.4 Å². The van der Waals surface area contributed by atoms with E-state index in [1.54, 1.807) is 0 Å². The van der Waals surface area contributed by atoms with Crippen molar-refractivity contribution in [2.75, 3.05) is 6.61 Å². The Morgan fingerprint density at radius 3 is 2.47 bits per heavy atom. The summed E-state index contributed by atoms with van der Waals surface area (Å²) in [4.78, 5) is 12.1. The minimum absolute atomic E-state index is 0.120. The second-order valence-corrected chi connectivity index (χ2v) is 8.68. The fourth-order valence-electron chi connectivity index (χ4n) is 3.65. The van der Waals surface area contributed by atoms with Crippen LogP contribution in [-0.4, -0.2) is 12.6 Å². The first-order chi connectivity index (χ1) is 15.7. The SMILES string of the molecule is CCCCCCC=CCCCCCCCC(=O)OCc1ccc2c(c1)C=CC(=CCl)CO2. The number of hydrogen-bond donors (Lipinski definition) is 0. The summed E-state index contributed by atoms with van der Waals surface area (Å²) in [6.45, 7) is 3.00. The van der Waals surface area contributed by atoms with Crippen LogP contribution in [0.5, 0.6) is 5.75 Å². The van der Waals surface area contributed by atoms with Crippen molar-refractivity contribution >= 4 is 23.6 Å². The Bertz CT molecular complexity index is 764. The van der Waals surface area contributed by atoms with E-state index in [-0.39, 0.29) is 5.97 Å². The molecule has 1 aromatic rings. The Kier molecular flexibility index (Phi) is 13.6. The Labute approximate surface area is 199 Å². The van der Waals surface area contributed by atoms with Crippen LogP contribution < -0.4 is 4.74 Å². The number of unbranched alkanes of at least 4 members (excludes halogenated alkanes) is 9. The average Bonchev–Trinajstić information content (AvgIpc) is 3.02. The summed E-state index contributed by atoms with van der Waals surface area (Å²) < 4.78 is 11.2. The highest BCUT2D eigenvalue weighted by atomic mass is 35.5. The lowest BCUT2D eigenvalue weighted by molar-refractivity contribution is -0.145. The summed E-state index contributed by atoms with van der Waals surface area (Å²) in [5, 5.41) is 0. The topological polar surface area (TPSA) is 35.5 Å². The second kappa shape index (κ2) is 16.6. The van der Waals surface area contributed by atoms with Gasteiger partial charge >= 0.3 is 5.97 Å². The van der Waals surface area contributed by atoms with Gasteiger partial charge < -0.3 is 9.47 Å². The van der Waals surface area contributed by atoms with E-state index < -0.39 is 0 Å². The molecule has 0 amide bonds. The van der Waals surface area contributed by atoms with Crippen molar-refractivity contribution in [2.45, 2.75) is 90.6 Å². The highest BCUT2D eigenvalue weighted by Crippen LogP contribution is 2.26. The molecule has 0 bridgehead atoms. The van der Waals surface area contributed by atoms with Crippen LogP contribution in [0.3, 0.4) is 0 Å². The van der Waals surface area contributed by atoms with E-state index in [9.17, 15) is 4.79 Å². The van der Waals surface area contributed by atoms with Gasteiger partial charge in [-0.3, -0.25) is 4.79 Å². The maximum absolute atomic E-state index is 12.1. The van der Waals surface area contributed by atoms with E-state index in [1.807, 2.05) is 30.4 Å². The highest BCUT2D eigenvalue weighted by molar-refractivity contribution is 6.25. The molecular formula is C28H39ClO3. The second-order valence-electron chi connectivity index (χ2n) is 8.47. The predicted octanol–water partition coefficient (Wildman–Crippen LogP) is 8.52. The van der Waals surface area contributed by atoms with Gasteiger partial charge in [0.1, 0.15) is 19.0 Å². The molecule has 0 atom stereocenters. The minimum atomic E-state index is -0.120. The third-order valence-corrected chi connectivity index (χ3v) is 5.91. The van der Waals surface area contributed by atoms with Crippen LogP contribution in [0.15, 0.2) is 47.5 Å². The first-order valence-corrected chi connectivity index (χ1v) is 12.7. The Morgan fingerprint density at radius 1 is 1.00 bits per heavy atom. The van der Waals surface area contributed by atoms with Gasteiger partial charge in [-0.05, 0) is 49.8 Å². The molecule has 1 aliphatic rings. The van der Waals surface area contributed by atoms with Crippen LogP contribution in [-0.2, 0) is 16.1 Å². The molecule has 0 saturated heterocycles. The molecule has 0 saturated carbocycles. The molecule has 2 rings (SSSR count). The average molecular weight is 459 g/mol. The molecule has 0 spiro atoms. The van der Waals surface area contributed by atoms with Crippen LogP contribution in [0, 0.1) is 0 Å². The van der Waals surface area contributed by atoms with E-state index in [4.69, 9.17) is 21.1 Å². The van der Waals surface area contributed by atoms with Crippen molar-refractivity contribution in [2.24, 2.45) is 0 Å². The van der Waals surface area contributed by atoms with Crippen molar-refractivity contribution < 1.29 is 14.3 Å². The number of rotatable bonds is 15. The smallest absolute Gasteiger partial charge is 0.306 e. The number of halogens is 1. The van der Waals surface area contributed by atoms with Gasteiger partial charge in [0.2, 0.25) is 0 Å². The van der Waals surface area contributed by atoms with Crippen molar-refractivity contribution in [3.63, 3.8) is 0 Å². The normalized spacial score (nSPS) is 14.4. The van der Waals surface area contributed by atoms with E-state index in [2.05, 4.69) is 19.1 Å². The summed E-state index contributed by atoms with van der Waals surface area (Å²) in [5.41, 5.74) is 4.38. The summed E-state index contributed by atoms with van der Waals surface area (Å²) in [6.07, 6.45) is 22.5. The van der Waals surface area contributed by atoms with Crippen LogP contribution in [0.4, 0.5) is 0 Å². The molecule has 4 heteroatoms. The molecule has 0 unspecified atom stereocenters. The highest BCUT2D eigenvalue weighted by Gasteiger charge is 2.09. The largest absolute Gasteiger partial charge is 0.488 e. The fourth-order valence-corrected chi connectivity index (χ4v) is 3.78. The van der Waals surface area contributed by atoms with Crippen LogP contribution >= 0.6 is 11.6 Å². The molecule has 1 aromatic carbocycles. The first kappa shape index (κ1) is 26.3. The quantitative estimate of drug-likeness (QED) is 0.150. The van der Waals surface area contributed by atoms with Gasteiger partial charge in [0.15, 0.2) is 0 Å². The summed E-state index contributed by atoms with van der Waals surface area (Å²) in [7, 11) is 0. The van der Waals surface area contributed by atoms with Gasteiger partial charge in [0.05, 0.1) is 0 Å². The molecular weight excluding hydrogens is 420 g/mol. The predicted molar refractivity (Wildman–Crippen MR) is 135 cm³/mol. The molecule has 176 valence electrons. The number of hydrogen-bond acceptors (Lipinski definition) is 3. The maximum Gasteiger partial charge on any atom is 0.306 e. The lowest BCUT2D eigenvalue weighted by Gasteiger charge is -2.09. The first-order valence-electron chi connectivity index (χ1n) is 12.3. The number of benzene rings is 1. The molecule has 0 aliphatic carbocycles. The number of allylic oxidation sites excluding steroid dienone is 2. The molecule has 3 nitrogen and oxygen atoms in total. The number of carbonyl (C=O) groups excluding carboxylic acids is 1. The molecule has 32 heavy (non-hydrogen) atoms. The number of carbonyl (C=O) groups is 1. The number of fused-ring (bicyclic) bond motifs is 1. The maximum atomic E-state index is 12.1. The van der Waals surface area contributed by atoms with E-state index in [0.717, 1.165) is 35.3 Å². The fraction of sp³-hybridized carbons (Fsp3) is 0.536. The van der Waals surface area contributed by atoms with Gasteiger partial charge in [-0.15, -0.1) is 0 Å². The molecule has 0 fully saturated rings. The number of esters is 1. The van der Waals surface area contributed by atoms with Crippen molar-refractivity contribution in [3.8, 4) is 5.75 Å². The standard InChI is InChI=1S/C28H39ClO3/c1-2-3-4-5-6-7-8-9-10-11-12-13-14-15-28(30)32-22-24-17-19-27-26(20-24)18-16-25(21-29)23-31-27/h7-8,16-21H,2-6,9-15,22-23H2,1H3. The molecule has 0 radical (unpaired) electrons. The zero-order chi connectivity index (χ0) is 22.9. The van der Waals surface area contributed by atoms with Gasteiger partial charge in [0.25, 0.3) is 0 Å². The van der Waals surface area contributed by atoms with Crippen molar-refractivity contribution in [1.29, 1.82) is 0 Å². The van der Waals surface area contributed by atoms with Crippen molar-refractivity contribution in [3.05, 3.63) is 58.7 Å². The zero-order valence-electron chi connectivity index (χ0n) is 19.6. The minimum Gasteiger partial charge on any atom is -0.488 e. The molecule has 1 aliphatic heterocycles. The van der Waals surface area contributed by atoms with Crippen molar-refractivity contribution in [1.82, 2.24) is 0 Å². The monoisotopic (exact) mass is 458 g/mol. The van der Waals surface area contributed by atoms with Crippen LogP contribution in [0.25, 0.3) is 6.08 Å². The third kappa shape index (κ3) is 11.0.